The minimum absolute atomic E-state index is 0.0142. The molecule has 1 amide bonds. The number of likely N-dealkylation sites (tertiary alicyclic amines) is 1. The molecule has 0 spiro atoms. The molecule has 1 saturated heterocycles. The molecule has 2 rings (SSSR count). The van der Waals surface area contributed by atoms with Crippen LogP contribution in [0.3, 0.4) is 0 Å². The van der Waals surface area contributed by atoms with Crippen LogP contribution in [0.1, 0.15) is 19.8 Å². The first kappa shape index (κ1) is 14.2. The molecule has 0 bridgehead atoms. The fourth-order valence-electron chi connectivity index (χ4n) is 2.35. The molecule has 1 aromatic rings. The number of anilines is 1. The van der Waals surface area contributed by atoms with Gasteiger partial charge < -0.3 is 10.2 Å². The summed E-state index contributed by atoms with van der Waals surface area (Å²) in [5.74, 6) is -0.617. The van der Waals surface area contributed by atoms with Crippen molar-refractivity contribution in [2.75, 3.05) is 18.4 Å². The first-order chi connectivity index (χ1) is 9.49. The highest BCUT2D eigenvalue weighted by atomic mass is 19.1. The maximum absolute atomic E-state index is 13.7. The molecule has 1 N–H and O–H groups in total. The molecule has 7 heteroatoms. The number of nitro benzene ring substituents is 1. The largest absolute Gasteiger partial charge is 0.374 e. The van der Waals surface area contributed by atoms with Gasteiger partial charge in [-0.2, -0.15) is 0 Å². The maximum Gasteiger partial charge on any atom is 0.295 e. The van der Waals surface area contributed by atoms with Crippen molar-refractivity contribution in [3.8, 4) is 0 Å². The normalized spacial score (nSPS) is 16.0. The first-order valence-corrected chi connectivity index (χ1v) is 6.44. The number of nitrogens with zero attached hydrogens (tertiary/aromatic N) is 2. The molecule has 1 aromatic carbocycles. The predicted molar refractivity (Wildman–Crippen MR) is 72.0 cm³/mol. The van der Waals surface area contributed by atoms with Crippen molar-refractivity contribution in [2.24, 2.45) is 0 Å². The van der Waals surface area contributed by atoms with E-state index in [-0.39, 0.29) is 23.3 Å². The number of carbonyl (C=O) groups excluding carboxylic acids is 1. The summed E-state index contributed by atoms with van der Waals surface area (Å²) in [6.45, 7) is 2.67. The van der Waals surface area contributed by atoms with Crippen LogP contribution in [0.5, 0.6) is 0 Å². The number of benzene rings is 1. The Labute approximate surface area is 115 Å². The number of para-hydroxylation sites is 1. The van der Waals surface area contributed by atoms with Gasteiger partial charge in [-0.3, -0.25) is 14.9 Å². The molecule has 0 saturated carbocycles. The van der Waals surface area contributed by atoms with Gasteiger partial charge in [-0.15, -0.1) is 0 Å². The van der Waals surface area contributed by atoms with Gasteiger partial charge in [0.2, 0.25) is 5.91 Å². The molecule has 0 radical (unpaired) electrons. The summed E-state index contributed by atoms with van der Waals surface area (Å²) in [6.07, 6.45) is 1.29. The molecular formula is C13H16FN3O3. The molecule has 6 nitrogen and oxygen atoms in total. The van der Waals surface area contributed by atoms with Crippen molar-refractivity contribution in [1.29, 1.82) is 0 Å². The Balaban J connectivity index is 2.08. The lowest BCUT2D eigenvalue weighted by Gasteiger charge is -2.32. The molecule has 108 valence electrons. The summed E-state index contributed by atoms with van der Waals surface area (Å²) in [5, 5.41) is 13.8. The van der Waals surface area contributed by atoms with Crippen molar-refractivity contribution in [2.45, 2.75) is 25.8 Å². The van der Waals surface area contributed by atoms with E-state index in [2.05, 4.69) is 5.32 Å². The number of hydrogen-bond donors (Lipinski definition) is 1. The standard InChI is InChI=1S/C13H16FN3O3/c1-9(18)16-7-5-10(6-8-16)15-13-11(14)3-2-4-12(13)17(19)20/h2-4,10,15H,5-8H2,1H3. The third-order valence-electron chi connectivity index (χ3n) is 3.48. The van der Waals surface area contributed by atoms with Crippen LogP contribution < -0.4 is 5.32 Å². The average Bonchev–Trinajstić information content (AvgIpc) is 2.41. The number of carbonyl (C=O) groups is 1. The maximum atomic E-state index is 13.7. The number of halogens is 1. The van der Waals surface area contributed by atoms with Gasteiger partial charge in [0.15, 0.2) is 5.82 Å². The Bertz CT molecular complexity index is 528. The van der Waals surface area contributed by atoms with Gasteiger partial charge in [0.25, 0.3) is 5.69 Å². The molecule has 1 aliphatic rings. The fourth-order valence-corrected chi connectivity index (χ4v) is 2.35. The summed E-state index contributed by atoms with van der Waals surface area (Å²) in [5.41, 5.74) is -0.335. The lowest BCUT2D eigenvalue weighted by atomic mass is 10.0. The number of nitrogens with one attached hydrogen (secondary N) is 1. The molecular weight excluding hydrogens is 265 g/mol. The van der Waals surface area contributed by atoms with Crippen LogP contribution in [-0.2, 0) is 4.79 Å². The summed E-state index contributed by atoms with van der Waals surface area (Å²) < 4.78 is 13.7. The lowest BCUT2D eigenvalue weighted by Crippen LogP contribution is -2.41. The summed E-state index contributed by atoms with van der Waals surface area (Å²) in [6, 6.07) is 3.72. The summed E-state index contributed by atoms with van der Waals surface area (Å²) in [4.78, 5) is 23.2. The van der Waals surface area contributed by atoms with Crippen LogP contribution in [0.25, 0.3) is 0 Å². The Morgan fingerprint density at radius 1 is 1.45 bits per heavy atom. The topological polar surface area (TPSA) is 75.5 Å². The predicted octanol–water partition coefficient (Wildman–Crippen LogP) is 2.16. The fraction of sp³-hybridized carbons (Fsp3) is 0.462. The smallest absolute Gasteiger partial charge is 0.295 e. The average molecular weight is 281 g/mol. The molecule has 0 unspecified atom stereocenters. The van der Waals surface area contributed by atoms with E-state index in [1.54, 1.807) is 4.90 Å². The molecule has 0 aromatic heterocycles. The number of amides is 1. The SMILES string of the molecule is CC(=O)N1CCC(Nc2c(F)cccc2[N+](=O)[O-])CC1. The van der Waals surface area contributed by atoms with Crippen molar-refractivity contribution in [3.63, 3.8) is 0 Å². The highest BCUT2D eigenvalue weighted by Gasteiger charge is 2.24. The number of hydrogen-bond acceptors (Lipinski definition) is 4. The van der Waals surface area contributed by atoms with E-state index in [0.717, 1.165) is 0 Å². The van der Waals surface area contributed by atoms with Crippen LogP contribution in [-0.4, -0.2) is 34.9 Å². The number of nitro groups is 1. The van der Waals surface area contributed by atoms with E-state index in [4.69, 9.17) is 0 Å². The summed E-state index contributed by atoms with van der Waals surface area (Å²) in [7, 11) is 0. The van der Waals surface area contributed by atoms with E-state index in [1.165, 1.54) is 25.1 Å². The van der Waals surface area contributed by atoms with Crippen molar-refractivity contribution >= 4 is 17.3 Å². The van der Waals surface area contributed by atoms with Gasteiger partial charge in [-0.05, 0) is 18.9 Å². The minimum atomic E-state index is -0.631. The lowest BCUT2D eigenvalue weighted by molar-refractivity contribution is -0.384. The van der Waals surface area contributed by atoms with Gasteiger partial charge in [-0.1, -0.05) is 6.07 Å². The van der Waals surface area contributed by atoms with E-state index >= 15 is 0 Å². The zero-order valence-corrected chi connectivity index (χ0v) is 11.1. The quantitative estimate of drug-likeness (QED) is 0.680. The molecule has 0 aliphatic carbocycles. The Morgan fingerprint density at radius 3 is 2.65 bits per heavy atom. The van der Waals surface area contributed by atoms with Gasteiger partial charge in [0, 0.05) is 32.1 Å². The minimum Gasteiger partial charge on any atom is -0.374 e. The molecule has 1 heterocycles. The summed E-state index contributed by atoms with van der Waals surface area (Å²) >= 11 is 0. The first-order valence-electron chi connectivity index (χ1n) is 6.44. The van der Waals surface area contributed by atoms with Crippen LogP contribution in [0.15, 0.2) is 18.2 Å². The van der Waals surface area contributed by atoms with Gasteiger partial charge in [0.1, 0.15) is 5.69 Å². The zero-order valence-electron chi connectivity index (χ0n) is 11.1. The van der Waals surface area contributed by atoms with Crippen molar-refractivity contribution < 1.29 is 14.1 Å². The third kappa shape index (κ3) is 3.04. The molecule has 0 atom stereocenters. The van der Waals surface area contributed by atoms with Crippen LogP contribution in [0.2, 0.25) is 0 Å². The monoisotopic (exact) mass is 281 g/mol. The highest BCUT2D eigenvalue weighted by molar-refractivity contribution is 5.73. The second kappa shape index (κ2) is 5.85. The Hall–Kier alpha value is -2.18. The third-order valence-corrected chi connectivity index (χ3v) is 3.48. The van der Waals surface area contributed by atoms with Crippen LogP contribution in [0, 0.1) is 15.9 Å². The van der Waals surface area contributed by atoms with E-state index in [9.17, 15) is 19.3 Å². The highest BCUT2D eigenvalue weighted by Crippen LogP contribution is 2.29. The molecule has 1 aliphatic heterocycles. The van der Waals surface area contributed by atoms with Crippen molar-refractivity contribution in [3.05, 3.63) is 34.1 Å². The molecule has 1 fully saturated rings. The van der Waals surface area contributed by atoms with Gasteiger partial charge >= 0.3 is 0 Å². The number of piperidine rings is 1. The zero-order chi connectivity index (χ0) is 14.7. The van der Waals surface area contributed by atoms with E-state index in [0.29, 0.717) is 25.9 Å². The van der Waals surface area contributed by atoms with Gasteiger partial charge in [0.05, 0.1) is 4.92 Å². The molecule has 20 heavy (non-hydrogen) atoms. The van der Waals surface area contributed by atoms with Crippen molar-refractivity contribution in [1.82, 2.24) is 4.90 Å². The second-order valence-corrected chi connectivity index (χ2v) is 4.82. The Kier molecular flexibility index (Phi) is 4.16. The number of rotatable bonds is 3. The van der Waals surface area contributed by atoms with Crippen LogP contribution >= 0.6 is 0 Å². The Morgan fingerprint density at radius 2 is 2.10 bits per heavy atom. The van der Waals surface area contributed by atoms with Crippen LogP contribution in [0.4, 0.5) is 15.8 Å². The van der Waals surface area contributed by atoms with E-state index < -0.39 is 10.7 Å². The van der Waals surface area contributed by atoms with Gasteiger partial charge in [-0.25, -0.2) is 4.39 Å². The second-order valence-electron chi connectivity index (χ2n) is 4.82. The van der Waals surface area contributed by atoms with E-state index in [1.807, 2.05) is 0 Å².